The van der Waals surface area contributed by atoms with Crippen molar-refractivity contribution < 1.29 is 19.5 Å². The number of likely N-dealkylation sites (tertiary alicyclic amines) is 1. The van der Waals surface area contributed by atoms with Gasteiger partial charge >= 0.3 is 5.97 Å². The lowest BCUT2D eigenvalue weighted by atomic mass is 9.96. The van der Waals surface area contributed by atoms with Crippen LogP contribution in [0, 0.1) is 5.92 Å². The summed E-state index contributed by atoms with van der Waals surface area (Å²) < 4.78 is 0. The molecule has 2 fully saturated rings. The van der Waals surface area contributed by atoms with Crippen molar-refractivity contribution in [2.45, 2.75) is 25.7 Å². The Labute approximate surface area is 134 Å². The van der Waals surface area contributed by atoms with Gasteiger partial charge in [0.05, 0.1) is 5.92 Å². The minimum atomic E-state index is -0.781. The van der Waals surface area contributed by atoms with Gasteiger partial charge in [-0.25, -0.2) is 0 Å². The van der Waals surface area contributed by atoms with E-state index in [-0.39, 0.29) is 17.7 Å². The number of amides is 2. The molecule has 0 atom stereocenters. The summed E-state index contributed by atoms with van der Waals surface area (Å²) in [6, 6.07) is 7.10. The summed E-state index contributed by atoms with van der Waals surface area (Å²) >= 11 is 0. The second-order valence-corrected chi connectivity index (χ2v) is 6.10. The standard InChI is InChI=1S/C17H20N2O4/c20-15-2-1-9-19(15)14-5-3-12(4-6-14)16(21)18-10-7-13(8-11-18)17(22)23/h3-6,13H,1-2,7-11H2,(H,22,23). The number of nitrogens with zero attached hydrogens (tertiary/aromatic N) is 2. The average Bonchev–Trinajstić information content (AvgIpc) is 3.00. The topological polar surface area (TPSA) is 77.9 Å². The summed E-state index contributed by atoms with van der Waals surface area (Å²) in [5.74, 6) is -1.08. The lowest BCUT2D eigenvalue weighted by molar-refractivity contribution is -0.143. The second kappa shape index (κ2) is 6.40. The zero-order valence-electron chi connectivity index (χ0n) is 12.9. The molecule has 0 aliphatic carbocycles. The van der Waals surface area contributed by atoms with Gasteiger partial charge < -0.3 is 14.9 Å². The van der Waals surface area contributed by atoms with Crippen LogP contribution in [0.2, 0.25) is 0 Å². The highest BCUT2D eigenvalue weighted by atomic mass is 16.4. The summed E-state index contributed by atoms with van der Waals surface area (Å²) in [6.07, 6.45) is 2.46. The monoisotopic (exact) mass is 316 g/mol. The predicted molar refractivity (Wildman–Crippen MR) is 84.3 cm³/mol. The fourth-order valence-electron chi connectivity index (χ4n) is 3.22. The van der Waals surface area contributed by atoms with Gasteiger partial charge in [-0.1, -0.05) is 0 Å². The normalized spacial score (nSPS) is 19.2. The van der Waals surface area contributed by atoms with Gasteiger partial charge in [0, 0.05) is 37.3 Å². The molecule has 0 saturated carbocycles. The number of piperidine rings is 1. The third-order valence-electron chi connectivity index (χ3n) is 4.63. The predicted octanol–water partition coefficient (Wildman–Crippen LogP) is 1.75. The number of carboxylic acids is 1. The average molecular weight is 316 g/mol. The van der Waals surface area contributed by atoms with Gasteiger partial charge in [0.25, 0.3) is 5.91 Å². The minimum Gasteiger partial charge on any atom is -0.481 e. The van der Waals surface area contributed by atoms with E-state index in [1.165, 1.54) is 0 Å². The molecule has 2 amide bonds. The number of benzene rings is 1. The molecule has 0 unspecified atom stereocenters. The molecule has 0 aromatic heterocycles. The molecule has 1 aromatic rings. The molecule has 0 spiro atoms. The zero-order valence-corrected chi connectivity index (χ0v) is 12.9. The molecule has 6 heteroatoms. The van der Waals surface area contributed by atoms with Crippen molar-refractivity contribution in [3.63, 3.8) is 0 Å². The second-order valence-electron chi connectivity index (χ2n) is 6.10. The number of aliphatic carboxylic acids is 1. The van der Waals surface area contributed by atoms with Crippen LogP contribution < -0.4 is 4.90 Å². The van der Waals surface area contributed by atoms with Gasteiger partial charge in [0.1, 0.15) is 0 Å². The Hall–Kier alpha value is -2.37. The van der Waals surface area contributed by atoms with Crippen molar-refractivity contribution in [3.8, 4) is 0 Å². The molecule has 122 valence electrons. The van der Waals surface area contributed by atoms with Crippen molar-refractivity contribution in [1.82, 2.24) is 4.90 Å². The molecule has 6 nitrogen and oxygen atoms in total. The van der Waals surface area contributed by atoms with E-state index in [1.807, 2.05) is 0 Å². The maximum absolute atomic E-state index is 12.5. The van der Waals surface area contributed by atoms with Crippen LogP contribution in [0.15, 0.2) is 24.3 Å². The molecule has 1 aromatic carbocycles. The number of carbonyl (C=O) groups excluding carboxylic acids is 2. The summed E-state index contributed by atoms with van der Waals surface area (Å²) in [5, 5.41) is 9.00. The van der Waals surface area contributed by atoms with Gasteiger partial charge in [-0.2, -0.15) is 0 Å². The van der Waals surface area contributed by atoms with Crippen LogP contribution in [0.5, 0.6) is 0 Å². The molecule has 2 aliphatic rings. The van der Waals surface area contributed by atoms with Crippen molar-refractivity contribution in [2.24, 2.45) is 5.92 Å². The van der Waals surface area contributed by atoms with Gasteiger partial charge in [-0.15, -0.1) is 0 Å². The van der Waals surface area contributed by atoms with E-state index in [0.29, 0.717) is 37.9 Å². The fraction of sp³-hybridized carbons (Fsp3) is 0.471. The van der Waals surface area contributed by atoms with Crippen LogP contribution in [0.3, 0.4) is 0 Å². The molecule has 2 heterocycles. The Kier molecular flexibility index (Phi) is 4.32. The Bertz CT molecular complexity index is 618. The largest absolute Gasteiger partial charge is 0.481 e. The van der Waals surface area contributed by atoms with Crippen LogP contribution in [0.25, 0.3) is 0 Å². The van der Waals surface area contributed by atoms with Crippen molar-refractivity contribution in [1.29, 1.82) is 0 Å². The number of rotatable bonds is 3. The summed E-state index contributed by atoms with van der Waals surface area (Å²) in [6.45, 7) is 1.68. The summed E-state index contributed by atoms with van der Waals surface area (Å²) in [7, 11) is 0. The first-order chi connectivity index (χ1) is 11.1. The minimum absolute atomic E-state index is 0.0758. The lowest BCUT2D eigenvalue weighted by Crippen LogP contribution is -2.40. The quantitative estimate of drug-likeness (QED) is 0.921. The van der Waals surface area contributed by atoms with Gasteiger partial charge in [-0.3, -0.25) is 14.4 Å². The fourth-order valence-corrected chi connectivity index (χ4v) is 3.22. The number of hydrogen-bond donors (Lipinski definition) is 1. The number of carboxylic acid groups (broad SMARTS) is 1. The van der Waals surface area contributed by atoms with E-state index >= 15 is 0 Å². The molecule has 0 radical (unpaired) electrons. The van der Waals surface area contributed by atoms with Crippen LogP contribution in [0.4, 0.5) is 5.69 Å². The molecule has 2 aliphatic heterocycles. The molecule has 23 heavy (non-hydrogen) atoms. The van der Waals surface area contributed by atoms with Crippen molar-refractivity contribution >= 4 is 23.5 Å². The first-order valence-corrected chi connectivity index (χ1v) is 7.99. The molecule has 1 N–H and O–H groups in total. The van der Waals surface area contributed by atoms with Crippen LogP contribution in [-0.2, 0) is 9.59 Å². The number of anilines is 1. The SMILES string of the molecule is O=C(O)C1CCN(C(=O)c2ccc(N3CCCC3=O)cc2)CC1. The van der Waals surface area contributed by atoms with Crippen molar-refractivity contribution in [3.05, 3.63) is 29.8 Å². The van der Waals surface area contributed by atoms with Gasteiger partial charge in [0.15, 0.2) is 0 Å². The first kappa shape index (κ1) is 15.5. The van der Waals surface area contributed by atoms with Crippen molar-refractivity contribution in [2.75, 3.05) is 24.5 Å². The molecule has 3 rings (SSSR count). The zero-order chi connectivity index (χ0) is 16.4. The Morgan fingerprint density at radius 2 is 1.70 bits per heavy atom. The summed E-state index contributed by atoms with van der Waals surface area (Å²) in [5.41, 5.74) is 1.41. The Balaban J connectivity index is 1.64. The molecule has 2 saturated heterocycles. The third kappa shape index (κ3) is 3.21. The highest BCUT2D eigenvalue weighted by Crippen LogP contribution is 2.23. The molecular formula is C17H20N2O4. The number of carbonyl (C=O) groups is 3. The summed E-state index contributed by atoms with van der Waals surface area (Å²) in [4.78, 5) is 38.6. The van der Waals surface area contributed by atoms with Crippen LogP contribution >= 0.6 is 0 Å². The van der Waals surface area contributed by atoms with Gasteiger partial charge in [0.2, 0.25) is 5.91 Å². The smallest absolute Gasteiger partial charge is 0.306 e. The van der Waals surface area contributed by atoms with E-state index in [0.717, 1.165) is 18.7 Å². The Morgan fingerprint density at radius 3 is 2.22 bits per heavy atom. The molecule has 0 bridgehead atoms. The van der Waals surface area contributed by atoms with E-state index in [9.17, 15) is 14.4 Å². The highest BCUT2D eigenvalue weighted by molar-refractivity contribution is 5.97. The van der Waals surface area contributed by atoms with E-state index in [4.69, 9.17) is 5.11 Å². The highest BCUT2D eigenvalue weighted by Gasteiger charge is 2.28. The number of hydrogen-bond acceptors (Lipinski definition) is 3. The van der Waals surface area contributed by atoms with E-state index in [1.54, 1.807) is 34.1 Å². The molecular weight excluding hydrogens is 296 g/mol. The first-order valence-electron chi connectivity index (χ1n) is 7.99. The van der Waals surface area contributed by atoms with Crippen LogP contribution in [-0.4, -0.2) is 47.4 Å². The maximum Gasteiger partial charge on any atom is 0.306 e. The maximum atomic E-state index is 12.5. The van der Waals surface area contributed by atoms with E-state index in [2.05, 4.69) is 0 Å². The van der Waals surface area contributed by atoms with E-state index < -0.39 is 5.97 Å². The van der Waals surface area contributed by atoms with Gasteiger partial charge in [-0.05, 0) is 43.5 Å². The Morgan fingerprint density at radius 1 is 1.04 bits per heavy atom. The lowest BCUT2D eigenvalue weighted by Gasteiger charge is -2.30. The van der Waals surface area contributed by atoms with Crippen LogP contribution in [0.1, 0.15) is 36.0 Å². The third-order valence-corrected chi connectivity index (χ3v) is 4.63.